The van der Waals surface area contributed by atoms with Crippen molar-refractivity contribution in [1.82, 2.24) is 5.32 Å². The van der Waals surface area contributed by atoms with Gasteiger partial charge in [0.05, 0.1) is 24.2 Å². The van der Waals surface area contributed by atoms with Crippen molar-refractivity contribution in [1.29, 1.82) is 0 Å². The molecule has 1 aliphatic rings. The van der Waals surface area contributed by atoms with Gasteiger partial charge >= 0.3 is 0 Å². The third kappa shape index (κ3) is 3.35. The molecular weight excluding hydrogens is 305 g/mol. The van der Waals surface area contributed by atoms with E-state index >= 15 is 0 Å². The lowest BCUT2D eigenvalue weighted by Crippen LogP contribution is -2.27. The fourth-order valence-electron chi connectivity index (χ4n) is 2.34. The van der Waals surface area contributed by atoms with Crippen LogP contribution >= 0.6 is 11.3 Å². The molecule has 0 saturated carbocycles. The predicted octanol–water partition coefficient (Wildman–Crippen LogP) is 2.42. The molecule has 1 aliphatic heterocycles. The Hall–Kier alpha value is -1.76. The molecule has 0 bridgehead atoms. The molecule has 0 aliphatic carbocycles. The highest BCUT2D eigenvalue weighted by Gasteiger charge is 2.18. The minimum Gasteiger partial charge on any atom is -0.387 e. The minimum atomic E-state index is -0.859. The van der Waals surface area contributed by atoms with Crippen molar-refractivity contribution < 1.29 is 19.0 Å². The molecule has 4 nitrogen and oxygen atoms in total. The number of aliphatic hydroxyl groups excluding tert-OH is 1. The second-order valence-corrected chi connectivity index (χ2v) is 6.28. The van der Waals surface area contributed by atoms with E-state index in [1.54, 1.807) is 0 Å². The van der Waals surface area contributed by atoms with Crippen LogP contribution in [0.1, 0.15) is 31.8 Å². The van der Waals surface area contributed by atoms with Gasteiger partial charge in [0.15, 0.2) is 0 Å². The Labute approximate surface area is 131 Å². The Morgan fingerprint density at radius 1 is 1.41 bits per heavy atom. The standard InChI is InChI=1S/C16H16FNO3S/c17-12-3-1-10(2-4-12)13(19)8-18-16(20)15-7-11-9-21-6-5-14(11)22-15/h1-4,7,13,19H,5-6,8-9H2,(H,18,20). The molecule has 22 heavy (non-hydrogen) atoms. The Bertz CT molecular complexity index is 645. The van der Waals surface area contributed by atoms with Gasteiger partial charge < -0.3 is 15.2 Å². The van der Waals surface area contributed by atoms with Gasteiger partial charge in [-0.2, -0.15) is 0 Å². The number of carbonyl (C=O) groups is 1. The molecule has 1 unspecified atom stereocenters. The lowest BCUT2D eigenvalue weighted by Gasteiger charge is -2.11. The number of benzene rings is 1. The van der Waals surface area contributed by atoms with Crippen molar-refractivity contribution in [2.75, 3.05) is 13.2 Å². The van der Waals surface area contributed by atoms with Gasteiger partial charge in [0.25, 0.3) is 5.91 Å². The topological polar surface area (TPSA) is 58.6 Å². The fraction of sp³-hybridized carbons (Fsp3) is 0.312. The summed E-state index contributed by atoms with van der Waals surface area (Å²) in [6, 6.07) is 7.43. The molecule has 0 saturated heterocycles. The zero-order valence-corrected chi connectivity index (χ0v) is 12.7. The summed E-state index contributed by atoms with van der Waals surface area (Å²) in [5.74, 6) is -0.563. The van der Waals surface area contributed by atoms with E-state index in [2.05, 4.69) is 5.32 Å². The number of hydrogen-bond donors (Lipinski definition) is 2. The number of thiophene rings is 1. The van der Waals surface area contributed by atoms with Crippen molar-refractivity contribution in [2.24, 2.45) is 0 Å². The second kappa shape index (κ2) is 6.56. The molecule has 2 N–H and O–H groups in total. The van der Waals surface area contributed by atoms with Gasteiger partial charge in [0.1, 0.15) is 5.82 Å². The minimum absolute atomic E-state index is 0.0868. The highest BCUT2D eigenvalue weighted by atomic mass is 32.1. The molecule has 0 fully saturated rings. The van der Waals surface area contributed by atoms with E-state index in [-0.39, 0.29) is 18.3 Å². The number of amides is 1. The van der Waals surface area contributed by atoms with Crippen molar-refractivity contribution in [3.63, 3.8) is 0 Å². The molecule has 2 heterocycles. The van der Waals surface area contributed by atoms with Crippen LogP contribution in [0.3, 0.4) is 0 Å². The quantitative estimate of drug-likeness (QED) is 0.909. The summed E-state index contributed by atoms with van der Waals surface area (Å²) >= 11 is 1.47. The largest absolute Gasteiger partial charge is 0.387 e. The third-order valence-corrected chi connectivity index (χ3v) is 4.80. The van der Waals surface area contributed by atoms with Crippen molar-refractivity contribution in [3.8, 4) is 0 Å². The monoisotopic (exact) mass is 321 g/mol. The molecule has 3 rings (SSSR count). The van der Waals surface area contributed by atoms with Crippen LogP contribution in [0, 0.1) is 5.82 Å². The SMILES string of the molecule is O=C(NCC(O)c1ccc(F)cc1)c1cc2c(s1)CCOC2. The van der Waals surface area contributed by atoms with Crippen LogP contribution in [0.2, 0.25) is 0 Å². The number of aliphatic hydroxyl groups is 1. The van der Waals surface area contributed by atoms with E-state index in [9.17, 15) is 14.3 Å². The number of halogens is 1. The molecule has 1 atom stereocenters. The summed E-state index contributed by atoms with van der Waals surface area (Å²) in [6.45, 7) is 1.33. The summed E-state index contributed by atoms with van der Waals surface area (Å²) in [6.07, 6.45) is -0.0200. The summed E-state index contributed by atoms with van der Waals surface area (Å²) in [5.41, 5.74) is 1.64. The average molecular weight is 321 g/mol. The van der Waals surface area contributed by atoms with Crippen LogP contribution in [0.4, 0.5) is 4.39 Å². The average Bonchev–Trinajstić information content (AvgIpc) is 2.97. The van der Waals surface area contributed by atoms with Gasteiger partial charge in [-0.1, -0.05) is 12.1 Å². The molecule has 116 valence electrons. The first-order chi connectivity index (χ1) is 10.6. The molecule has 2 aromatic rings. The Balaban J connectivity index is 1.60. The maximum Gasteiger partial charge on any atom is 0.261 e. The van der Waals surface area contributed by atoms with Crippen molar-refractivity contribution in [3.05, 3.63) is 57.0 Å². The molecule has 1 aromatic heterocycles. The Morgan fingerprint density at radius 2 is 2.18 bits per heavy atom. The van der Waals surface area contributed by atoms with Gasteiger partial charge in [-0.15, -0.1) is 11.3 Å². The summed E-state index contributed by atoms with van der Waals surface area (Å²) in [5, 5.41) is 12.7. The second-order valence-electron chi connectivity index (χ2n) is 5.14. The number of ether oxygens (including phenoxy) is 1. The van der Waals surface area contributed by atoms with E-state index < -0.39 is 6.10 Å². The number of rotatable bonds is 4. The maximum atomic E-state index is 12.8. The molecule has 0 radical (unpaired) electrons. The normalized spacial score (nSPS) is 15.2. The van der Waals surface area contributed by atoms with Gasteiger partial charge in [-0.25, -0.2) is 4.39 Å². The van der Waals surface area contributed by atoms with E-state index in [0.717, 1.165) is 12.0 Å². The van der Waals surface area contributed by atoms with E-state index in [4.69, 9.17) is 4.74 Å². The molecule has 6 heteroatoms. The first-order valence-electron chi connectivity index (χ1n) is 7.04. The van der Waals surface area contributed by atoms with Crippen molar-refractivity contribution >= 4 is 17.2 Å². The summed E-state index contributed by atoms with van der Waals surface area (Å²) in [4.78, 5) is 14.0. The van der Waals surface area contributed by atoms with Gasteiger partial charge in [-0.3, -0.25) is 4.79 Å². The lowest BCUT2D eigenvalue weighted by atomic mass is 10.1. The van der Waals surface area contributed by atoms with Gasteiger partial charge in [-0.05, 0) is 29.3 Å². The third-order valence-electron chi connectivity index (χ3n) is 3.56. The Kier molecular flexibility index (Phi) is 4.52. The lowest BCUT2D eigenvalue weighted by molar-refractivity contribution is 0.0920. The zero-order chi connectivity index (χ0) is 15.5. The zero-order valence-electron chi connectivity index (χ0n) is 11.8. The number of nitrogens with one attached hydrogen (secondary N) is 1. The van der Waals surface area contributed by atoms with Crippen LogP contribution < -0.4 is 5.32 Å². The van der Waals surface area contributed by atoms with Crippen LogP contribution in [0.25, 0.3) is 0 Å². The smallest absolute Gasteiger partial charge is 0.261 e. The number of fused-ring (bicyclic) bond motifs is 1. The number of carbonyl (C=O) groups excluding carboxylic acids is 1. The van der Waals surface area contributed by atoms with Crippen molar-refractivity contribution in [2.45, 2.75) is 19.1 Å². The summed E-state index contributed by atoms with van der Waals surface area (Å²) in [7, 11) is 0. The van der Waals surface area contributed by atoms with Crippen LogP contribution in [-0.4, -0.2) is 24.2 Å². The Morgan fingerprint density at radius 3 is 2.91 bits per heavy atom. The highest BCUT2D eigenvalue weighted by Crippen LogP contribution is 2.27. The molecule has 0 spiro atoms. The van der Waals surface area contributed by atoms with Crippen LogP contribution in [0.5, 0.6) is 0 Å². The maximum absolute atomic E-state index is 12.8. The first-order valence-corrected chi connectivity index (χ1v) is 7.86. The fourth-order valence-corrected chi connectivity index (χ4v) is 3.40. The molecule has 1 aromatic carbocycles. The van der Waals surface area contributed by atoms with E-state index in [1.807, 2.05) is 6.07 Å². The molecule has 1 amide bonds. The van der Waals surface area contributed by atoms with Gasteiger partial charge in [0, 0.05) is 17.8 Å². The molecular formula is C16H16FNO3S. The van der Waals surface area contributed by atoms with Crippen LogP contribution in [0.15, 0.2) is 30.3 Å². The van der Waals surface area contributed by atoms with E-state index in [0.29, 0.717) is 23.7 Å². The predicted molar refractivity (Wildman–Crippen MR) is 81.4 cm³/mol. The van der Waals surface area contributed by atoms with Crippen LogP contribution in [-0.2, 0) is 17.8 Å². The highest BCUT2D eigenvalue weighted by molar-refractivity contribution is 7.14. The number of hydrogen-bond acceptors (Lipinski definition) is 4. The van der Waals surface area contributed by atoms with Gasteiger partial charge in [0.2, 0.25) is 0 Å². The summed E-state index contributed by atoms with van der Waals surface area (Å²) < 4.78 is 18.2. The first kappa shape index (κ1) is 15.1. The van der Waals surface area contributed by atoms with E-state index in [1.165, 1.54) is 40.5 Å².